The van der Waals surface area contributed by atoms with Crippen LogP contribution in [-0.2, 0) is 25.7 Å². The maximum Gasteiger partial charge on any atom is 0.299 e. The van der Waals surface area contributed by atoms with Crippen LogP contribution in [0.3, 0.4) is 0 Å². The first-order valence-corrected chi connectivity index (χ1v) is 15.7. The van der Waals surface area contributed by atoms with Gasteiger partial charge in [-0.3, -0.25) is 24.1 Å². The van der Waals surface area contributed by atoms with Crippen molar-refractivity contribution in [3.63, 3.8) is 0 Å². The fourth-order valence-corrected chi connectivity index (χ4v) is 6.02. The molecule has 1 fully saturated rings. The van der Waals surface area contributed by atoms with Crippen molar-refractivity contribution in [1.29, 1.82) is 0 Å². The minimum Gasteiger partial charge on any atom is -0.493 e. The highest BCUT2D eigenvalue weighted by atomic mass is 19.1. The molecule has 0 spiro atoms. The number of rotatable bonds is 11. The summed E-state index contributed by atoms with van der Waals surface area (Å²) in [6.07, 6.45) is 0. The van der Waals surface area contributed by atoms with E-state index in [1.807, 2.05) is 12.1 Å². The molecule has 6 rings (SSSR count). The molecular formula is C37H35FN4O7. The summed E-state index contributed by atoms with van der Waals surface area (Å²) >= 11 is 0. The summed E-state index contributed by atoms with van der Waals surface area (Å²) in [5.74, 6) is -2.46. The lowest BCUT2D eigenvalue weighted by atomic mass is 10.0. The van der Waals surface area contributed by atoms with Gasteiger partial charge in [0.1, 0.15) is 18.4 Å². The van der Waals surface area contributed by atoms with Crippen LogP contribution in [0.15, 0.2) is 91.0 Å². The van der Waals surface area contributed by atoms with Crippen molar-refractivity contribution in [2.75, 3.05) is 62.2 Å². The van der Waals surface area contributed by atoms with Crippen molar-refractivity contribution in [1.82, 2.24) is 4.90 Å². The first kappa shape index (κ1) is 33.2. The Morgan fingerprint density at radius 2 is 1.59 bits per heavy atom. The van der Waals surface area contributed by atoms with E-state index in [9.17, 15) is 23.6 Å². The van der Waals surface area contributed by atoms with Gasteiger partial charge in [0.25, 0.3) is 17.6 Å². The number of nitrogens with one attached hydrogen (secondary N) is 1. The van der Waals surface area contributed by atoms with Gasteiger partial charge in [0, 0.05) is 31.0 Å². The van der Waals surface area contributed by atoms with Crippen LogP contribution < -0.4 is 24.6 Å². The van der Waals surface area contributed by atoms with E-state index in [1.165, 1.54) is 49.5 Å². The number of halogens is 1. The number of Topliss-reactive ketones (excluding diaryl/α,β-unsaturated/α-hetero) is 1. The number of para-hydroxylation sites is 1. The average molecular weight is 667 g/mol. The van der Waals surface area contributed by atoms with Crippen LogP contribution in [0.25, 0.3) is 0 Å². The van der Waals surface area contributed by atoms with Crippen LogP contribution in [-0.4, -0.2) is 75.5 Å². The molecule has 2 heterocycles. The number of anilines is 3. The molecule has 1 unspecified atom stereocenters. The number of morpholine rings is 1. The maximum atomic E-state index is 14.4. The predicted molar refractivity (Wildman–Crippen MR) is 180 cm³/mol. The molecule has 0 saturated carbocycles. The normalized spacial score (nSPS) is 14.7. The zero-order valence-electron chi connectivity index (χ0n) is 27.1. The van der Waals surface area contributed by atoms with Crippen LogP contribution >= 0.6 is 0 Å². The number of ether oxygens (including phenoxy) is 3. The zero-order valence-corrected chi connectivity index (χ0v) is 27.1. The van der Waals surface area contributed by atoms with Gasteiger partial charge in [0.2, 0.25) is 5.91 Å². The number of carbonyl (C=O) groups is 4. The molecule has 1 saturated heterocycles. The highest BCUT2D eigenvalue weighted by Crippen LogP contribution is 2.35. The fourth-order valence-electron chi connectivity index (χ4n) is 6.02. The van der Waals surface area contributed by atoms with Crippen LogP contribution in [0.2, 0.25) is 0 Å². The standard InChI is InChI=1S/C37H35FN4O7/c1-47-31-16-9-25(21-32(31)48-2)34(36(45)39-27-12-14-28(15-13-27)40-17-19-49-20-18-40)42(22-24-7-10-26(38)11-8-24)33(43)23-41-30-6-4-3-5-29(30)35(44)37(41)46/h3-16,21,34H,17-20,22-23H2,1-2H3,(H,39,45). The molecule has 1 N–H and O–H groups in total. The van der Waals surface area contributed by atoms with Gasteiger partial charge in [-0.05, 0) is 71.8 Å². The van der Waals surface area contributed by atoms with Crippen molar-refractivity contribution in [3.8, 4) is 11.5 Å². The van der Waals surface area contributed by atoms with Crippen molar-refractivity contribution in [2.45, 2.75) is 12.6 Å². The van der Waals surface area contributed by atoms with E-state index in [0.717, 1.165) is 23.7 Å². The van der Waals surface area contributed by atoms with Crippen LogP contribution in [0.5, 0.6) is 11.5 Å². The van der Waals surface area contributed by atoms with Crippen LogP contribution in [0.1, 0.15) is 27.5 Å². The quantitative estimate of drug-likeness (QED) is 0.231. The molecule has 4 aromatic rings. The largest absolute Gasteiger partial charge is 0.493 e. The Labute approximate surface area is 282 Å². The number of nitrogens with zero attached hydrogens (tertiary/aromatic N) is 3. The second-order valence-corrected chi connectivity index (χ2v) is 11.5. The average Bonchev–Trinajstić information content (AvgIpc) is 3.37. The molecule has 2 aliphatic rings. The summed E-state index contributed by atoms with van der Waals surface area (Å²) in [5.41, 5.74) is 2.90. The first-order chi connectivity index (χ1) is 23.8. The zero-order chi connectivity index (χ0) is 34.5. The molecule has 0 radical (unpaired) electrons. The van der Waals surface area contributed by atoms with Gasteiger partial charge in [0.15, 0.2) is 11.5 Å². The molecule has 49 heavy (non-hydrogen) atoms. The lowest BCUT2D eigenvalue weighted by molar-refractivity contribution is -0.139. The highest BCUT2D eigenvalue weighted by Gasteiger charge is 2.39. The highest BCUT2D eigenvalue weighted by molar-refractivity contribution is 6.52. The fraction of sp³-hybridized carbons (Fsp3) is 0.243. The Bertz CT molecular complexity index is 1860. The lowest BCUT2D eigenvalue weighted by Crippen LogP contribution is -2.46. The summed E-state index contributed by atoms with van der Waals surface area (Å²) in [5, 5.41) is 2.95. The van der Waals surface area contributed by atoms with E-state index >= 15 is 0 Å². The number of carbonyl (C=O) groups excluding carboxylic acids is 4. The Kier molecular flexibility index (Phi) is 9.86. The second-order valence-electron chi connectivity index (χ2n) is 11.5. The molecule has 12 heteroatoms. The molecule has 1 atom stereocenters. The molecule has 3 amide bonds. The van der Waals surface area contributed by atoms with Gasteiger partial charge >= 0.3 is 0 Å². The first-order valence-electron chi connectivity index (χ1n) is 15.7. The topological polar surface area (TPSA) is 118 Å². The molecular weight excluding hydrogens is 631 g/mol. The minimum atomic E-state index is -1.26. The Morgan fingerprint density at radius 1 is 0.898 bits per heavy atom. The van der Waals surface area contributed by atoms with E-state index in [0.29, 0.717) is 47.2 Å². The number of hydrogen-bond acceptors (Lipinski definition) is 8. The second kappa shape index (κ2) is 14.6. The van der Waals surface area contributed by atoms with E-state index in [4.69, 9.17) is 14.2 Å². The maximum absolute atomic E-state index is 14.4. The lowest BCUT2D eigenvalue weighted by Gasteiger charge is -2.33. The third-order valence-corrected chi connectivity index (χ3v) is 8.55. The summed E-state index contributed by atoms with van der Waals surface area (Å²) in [6, 6.07) is 23.0. The molecule has 252 valence electrons. The summed E-state index contributed by atoms with van der Waals surface area (Å²) < 4.78 is 30.3. The van der Waals surface area contributed by atoms with Crippen LogP contribution in [0, 0.1) is 5.82 Å². The van der Waals surface area contributed by atoms with Crippen molar-refractivity contribution < 1.29 is 37.8 Å². The number of ketones is 1. The van der Waals surface area contributed by atoms with Gasteiger partial charge in [-0.25, -0.2) is 4.39 Å². The summed E-state index contributed by atoms with van der Waals surface area (Å²) in [4.78, 5) is 59.2. The molecule has 0 aromatic heterocycles. The molecule has 11 nitrogen and oxygen atoms in total. The number of fused-ring (bicyclic) bond motifs is 1. The van der Waals surface area contributed by atoms with E-state index in [-0.39, 0.29) is 12.1 Å². The smallest absolute Gasteiger partial charge is 0.299 e. The summed E-state index contributed by atoms with van der Waals surface area (Å²) in [7, 11) is 2.94. The number of hydrogen-bond donors (Lipinski definition) is 1. The summed E-state index contributed by atoms with van der Waals surface area (Å²) in [6.45, 7) is 2.12. The molecule has 0 bridgehead atoms. The number of methoxy groups -OCH3 is 2. The van der Waals surface area contributed by atoms with E-state index in [2.05, 4.69) is 10.2 Å². The SMILES string of the molecule is COc1ccc(C(C(=O)Nc2ccc(N3CCOCC3)cc2)N(Cc2ccc(F)cc2)C(=O)CN2C(=O)C(=O)c3ccccc32)cc1OC. The van der Waals surface area contributed by atoms with Gasteiger partial charge in [-0.15, -0.1) is 0 Å². The Morgan fingerprint density at radius 3 is 2.29 bits per heavy atom. The van der Waals surface area contributed by atoms with Crippen molar-refractivity contribution in [2.24, 2.45) is 0 Å². The third-order valence-electron chi connectivity index (χ3n) is 8.55. The van der Waals surface area contributed by atoms with Crippen molar-refractivity contribution in [3.05, 3.63) is 114 Å². The number of benzene rings is 4. The van der Waals surface area contributed by atoms with Gasteiger partial charge in [0.05, 0.1) is 38.7 Å². The number of amides is 3. The molecule has 0 aliphatic carbocycles. The van der Waals surface area contributed by atoms with Crippen molar-refractivity contribution >= 4 is 40.6 Å². The Hall–Kier alpha value is -5.75. The van der Waals surface area contributed by atoms with Gasteiger partial charge < -0.3 is 29.3 Å². The molecule has 2 aliphatic heterocycles. The predicted octanol–water partition coefficient (Wildman–Crippen LogP) is 4.62. The third kappa shape index (κ3) is 7.09. The van der Waals surface area contributed by atoms with Crippen LogP contribution in [0.4, 0.5) is 21.5 Å². The molecule has 4 aromatic carbocycles. The monoisotopic (exact) mass is 666 g/mol. The van der Waals surface area contributed by atoms with Gasteiger partial charge in [-0.2, -0.15) is 0 Å². The van der Waals surface area contributed by atoms with E-state index in [1.54, 1.807) is 48.5 Å². The minimum absolute atomic E-state index is 0.126. The Balaban J connectivity index is 1.38. The van der Waals surface area contributed by atoms with E-state index < -0.39 is 41.9 Å². The van der Waals surface area contributed by atoms with Gasteiger partial charge in [-0.1, -0.05) is 30.3 Å².